The van der Waals surface area contributed by atoms with Crippen LogP contribution in [0.15, 0.2) is 18.3 Å². The average molecular weight is 722 g/mol. The van der Waals surface area contributed by atoms with Gasteiger partial charge in [0, 0.05) is 43.1 Å². The molecule has 2 aliphatic rings. The minimum absolute atomic E-state index is 0.00574. The summed E-state index contributed by atoms with van der Waals surface area (Å²) in [5.41, 5.74) is 9.47. The Kier molecular flexibility index (Phi) is 12.9. The second-order valence-electron chi connectivity index (χ2n) is 16.3. The van der Waals surface area contributed by atoms with Crippen LogP contribution in [0, 0.1) is 30.6 Å². The highest BCUT2D eigenvalue weighted by Crippen LogP contribution is 2.48. The van der Waals surface area contributed by atoms with Gasteiger partial charge >= 0.3 is 0 Å². The third-order valence-corrected chi connectivity index (χ3v) is 12.8. The van der Waals surface area contributed by atoms with Gasteiger partial charge in [0.25, 0.3) is 5.91 Å². The van der Waals surface area contributed by atoms with E-state index < -0.39 is 25.8 Å². The number of hydrogen-bond acceptors (Lipinski definition) is 6. The summed E-state index contributed by atoms with van der Waals surface area (Å²) >= 11 is 0. The summed E-state index contributed by atoms with van der Waals surface area (Å²) in [7, 11) is -1.23. The lowest BCUT2D eigenvalue weighted by Crippen LogP contribution is -2.39. The quantitative estimate of drug-likeness (QED) is 0.0918. The maximum atomic E-state index is 16.1. The smallest absolute Gasteiger partial charge is 0.267 e. The Morgan fingerprint density at radius 3 is 2.20 bits per heavy atom. The van der Waals surface area contributed by atoms with Crippen LogP contribution in [0.4, 0.5) is 10.2 Å². The van der Waals surface area contributed by atoms with Gasteiger partial charge in [0.15, 0.2) is 0 Å². The molecule has 2 saturated carbocycles. The second kappa shape index (κ2) is 17.0. The van der Waals surface area contributed by atoms with Gasteiger partial charge in [-0.25, -0.2) is 9.67 Å². The maximum absolute atomic E-state index is 16.1. The molecular weight excluding hydrogens is 662 g/mol. The zero-order valence-corrected chi connectivity index (χ0v) is 32.9. The molecule has 0 bridgehead atoms. The Labute approximate surface area is 304 Å². The van der Waals surface area contributed by atoms with E-state index in [4.69, 9.17) is 15.6 Å². The summed E-state index contributed by atoms with van der Waals surface area (Å²) in [5, 5.41) is 12.3. The molecule has 3 aromatic heterocycles. The van der Waals surface area contributed by atoms with E-state index in [9.17, 15) is 9.59 Å². The minimum atomic E-state index is -1.23. The Morgan fingerprint density at radius 1 is 1.04 bits per heavy atom. The predicted molar refractivity (Wildman–Crippen MR) is 203 cm³/mol. The predicted octanol–water partition coefficient (Wildman–Crippen LogP) is 8.64. The van der Waals surface area contributed by atoms with Crippen molar-refractivity contribution in [3.8, 4) is 11.1 Å². The molecule has 3 N–H and O–H groups in total. The first-order valence-corrected chi connectivity index (χ1v) is 23.0. The van der Waals surface area contributed by atoms with Gasteiger partial charge in [0.05, 0.1) is 17.8 Å². The third kappa shape index (κ3) is 9.17. The Bertz CT molecular complexity index is 1630. The number of ether oxygens (including phenoxy) is 1. The van der Waals surface area contributed by atoms with Gasteiger partial charge in [0.2, 0.25) is 11.9 Å². The molecule has 0 aliphatic heterocycles. The van der Waals surface area contributed by atoms with Crippen molar-refractivity contribution in [2.45, 2.75) is 143 Å². The molecule has 3 heterocycles. The summed E-state index contributed by atoms with van der Waals surface area (Å²) in [5.74, 6) is -1.45. The molecule has 5 rings (SSSR count). The number of rotatable bonds is 15. The number of hydrogen-bond donors (Lipinski definition) is 2. The first-order chi connectivity index (χ1) is 24.3. The number of pyridine rings is 1. The number of aromatic nitrogens is 5. The van der Waals surface area contributed by atoms with E-state index in [0.717, 1.165) is 63.1 Å². The SMILES string of the molecule is CCc1c(-c2ccc(NC(=O)C(c3cnn(C(C)C)c3C(N)=O)C(C3CCCCC3)C3CCCCC3)nc2F)c(C)nn1COCC[Si](C)(C)C. The van der Waals surface area contributed by atoms with Crippen LogP contribution in [0.1, 0.15) is 124 Å². The standard InChI is InChI=1S/C39H60FN7O3Si/c1-8-31-33(26(4)45-46(31)24-50-21-22-51(5,6)7)29-19-20-32(43-37(29)40)44-39(49)35(30-23-42-47(25(2)3)36(30)38(41)48)34(27-15-11-9-12-16-27)28-17-13-10-14-18-28/h19-20,23,25,27-28,34-35H,8-18,21-22,24H2,1-7H3,(H2,41,48)(H,43,44,49). The zero-order valence-electron chi connectivity index (χ0n) is 31.9. The highest BCUT2D eigenvalue weighted by atomic mass is 28.3. The first-order valence-electron chi connectivity index (χ1n) is 19.3. The molecule has 1 unspecified atom stereocenters. The molecule has 0 aromatic carbocycles. The molecule has 0 saturated heterocycles. The lowest BCUT2D eigenvalue weighted by molar-refractivity contribution is -0.120. The monoisotopic (exact) mass is 721 g/mol. The van der Waals surface area contributed by atoms with Crippen LogP contribution in [0.5, 0.6) is 0 Å². The van der Waals surface area contributed by atoms with E-state index in [0.29, 0.717) is 54.0 Å². The molecule has 0 radical (unpaired) electrons. The van der Waals surface area contributed by atoms with Crippen LogP contribution in [0.2, 0.25) is 25.7 Å². The van der Waals surface area contributed by atoms with Gasteiger partial charge in [-0.1, -0.05) is 90.8 Å². The molecule has 2 aliphatic carbocycles. The van der Waals surface area contributed by atoms with Crippen molar-refractivity contribution >= 4 is 25.7 Å². The summed E-state index contributed by atoms with van der Waals surface area (Å²) < 4.78 is 25.5. The number of nitrogens with two attached hydrogens (primary N) is 1. The summed E-state index contributed by atoms with van der Waals surface area (Å²) in [4.78, 5) is 32.0. The lowest BCUT2D eigenvalue weighted by Gasteiger charge is -2.41. The van der Waals surface area contributed by atoms with Crippen LogP contribution in [-0.4, -0.2) is 51.0 Å². The van der Waals surface area contributed by atoms with Crippen molar-refractivity contribution in [2.24, 2.45) is 23.5 Å². The van der Waals surface area contributed by atoms with Crippen molar-refractivity contribution < 1.29 is 18.7 Å². The van der Waals surface area contributed by atoms with Gasteiger partial charge in [-0.05, 0) is 63.1 Å². The molecule has 280 valence electrons. The molecule has 2 amide bonds. The number of nitrogens with zero attached hydrogens (tertiary/aromatic N) is 5. The van der Waals surface area contributed by atoms with Crippen molar-refractivity contribution in [1.29, 1.82) is 0 Å². The number of halogens is 1. The number of carbonyl (C=O) groups excluding carboxylic acids is 2. The number of primary amides is 1. The van der Waals surface area contributed by atoms with Crippen LogP contribution in [0.3, 0.4) is 0 Å². The Hall–Kier alpha value is -3.38. The summed E-state index contributed by atoms with van der Waals surface area (Å²) in [6, 6.07) is 4.28. The molecule has 51 heavy (non-hydrogen) atoms. The fourth-order valence-corrected chi connectivity index (χ4v) is 9.37. The fraction of sp³-hybridized carbons (Fsp3) is 0.667. The van der Waals surface area contributed by atoms with E-state index in [1.807, 2.05) is 32.4 Å². The van der Waals surface area contributed by atoms with Gasteiger partial charge in [0.1, 0.15) is 18.2 Å². The van der Waals surface area contributed by atoms with Gasteiger partial charge in [-0.15, -0.1) is 0 Å². The summed E-state index contributed by atoms with van der Waals surface area (Å²) in [6.45, 7) is 15.7. The number of carbonyl (C=O) groups is 2. The fourth-order valence-electron chi connectivity index (χ4n) is 8.61. The lowest BCUT2D eigenvalue weighted by atomic mass is 9.63. The largest absolute Gasteiger partial charge is 0.364 e. The summed E-state index contributed by atoms with van der Waals surface area (Å²) in [6.07, 6.45) is 13.4. The number of nitrogens with one attached hydrogen (secondary N) is 1. The van der Waals surface area contributed by atoms with E-state index in [1.54, 1.807) is 23.0 Å². The van der Waals surface area contributed by atoms with E-state index >= 15 is 4.39 Å². The molecular formula is C39H60FN7O3Si. The van der Waals surface area contributed by atoms with E-state index in [-0.39, 0.29) is 29.4 Å². The third-order valence-electron chi connectivity index (χ3n) is 11.1. The number of aryl methyl sites for hydroxylation is 1. The minimum Gasteiger partial charge on any atom is -0.364 e. The van der Waals surface area contributed by atoms with E-state index in [2.05, 4.69) is 35.0 Å². The highest BCUT2D eigenvalue weighted by Gasteiger charge is 2.43. The van der Waals surface area contributed by atoms with Gasteiger partial charge < -0.3 is 15.8 Å². The van der Waals surface area contributed by atoms with Crippen LogP contribution in [-0.2, 0) is 22.7 Å². The first kappa shape index (κ1) is 38.8. The van der Waals surface area contributed by atoms with Crippen molar-refractivity contribution in [3.05, 3.63) is 46.9 Å². The molecule has 3 aromatic rings. The van der Waals surface area contributed by atoms with Crippen LogP contribution >= 0.6 is 0 Å². The maximum Gasteiger partial charge on any atom is 0.267 e. The molecule has 1 atom stereocenters. The highest BCUT2D eigenvalue weighted by molar-refractivity contribution is 6.76. The van der Waals surface area contributed by atoms with Gasteiger partial charge in [-0.3, -0.25) is 14.3 Å². The molecule has 2 fully saturated rings. The molecule has 10 nitrogen and oxygen atoms in total. The molecule has 12 heteroatoms. The normalized spacial score (nSPS) is 17.0. The Balaban J connectivity index is 1.48. The van der Waals surface area contributed by atoms with Gasteiger partial charge in [-0.2, -0.15) is 14.6 Å². The second-order valence-corrected chi connectivity index (χ2v) is 22.0. The average Bonchev–Trinajstić information content (AvgIpc) is 3.67. The number of anilines is 1. The van der Waals surface area contributed by atoms with Crippen LogP contribution < -0.4 is 11.1 Å². The Morgan fingerprint density at radius 2 is 1.67 bits per heavy atom. The van der Waals surface area contributed by atoms with Crippen molar-refractivity contribution in [1.82, 2.24) is 24.5 Å². The molecule has 0 spiro atoms. The van der Waals surface area contributed by atoms with Crippen LogP contribution in [0.25, 0.3) is 11.1 Å². The van der Waals surface area contributed by atoms with E-state index in [1.165, 1.54) is 12.8 Å². The number of amides is 2. The van der Waals surface area contributed by atoms with Crippen molar-refractivity contribution in [2.75, 3.05) is 11.9 Å². The topological polar surface area (TPSA) is 130 Å². The van der Waals surface area contributed by atoms with Crippen molar-refractivity contribution in [3.63, 3.8) is 0 Å². The zero-order chi connectivity index (χ0) is 36.9.